The fourth-order valence-electron chi connectivity index (χ4n) is 4.71. The third-order valence-corrected chi connectivity index (χ3v) is 7.27. The van der Waals surface area contributed by atoms with Crippen LogP contribution in [-0.2, 0) is 4.79 Å². The Hall–Kier alpha value is -3.39. The summed E-state index contributed by atoms with van der Waals surface area (Å²) >= 11 is 1.27. The van der Waals surface area contributed by atoms with Gasteiger partial charge in [0.1, 0.15) is 25.1 Å². The maximum atomic E-state index is 15.2. The summed E-state index contributed by atoms with van der Waals surface area (Å²) in [7, 11) is 0. The zero-order valence-corrected chi connectivity index (χ0v) is 20.1. The van der Waals surface area contributed by atoms with Crippen molar-refractivity contribution in [1.29, 1.82) is 0 Å². The number of nitrogens with zero attached hydrogens (tertiary/aromatic N) is 1. The number of ether oxygens (including phenoxy) is 2. The highest BCUT2D eigenvalue weighted by Crippen LogP contribution is 2.38. The first-order valence-corrected chi connectivity index (χ1v) is 12.8. The Morgan fingerprint density at radius 1 is 0.971 bits per heavy atom. The summed E-state index contributed by atoms with van der Waals surface area (Å²) in [6.45, 7) is 0.820. The average Bonchev–Trinajstić information content (AvgIpc) is 3.43. The van der Waals surface area contributed by atoms with Crippen molar-refractivity contribution in [3.05, 3.63) is 76.2 Å². The molecule has 1 N–H and O–H groups in total. The van der Waals surface area contributed by atoms with Crippen molar-refractivity contribution >= 4 is 28.8 Å². The Bertz CT molecular complexity index is 1190. The van der Waals surface area contributed by atoms with Gasteiger partial charge in [-0.05, 0) is 42.5 Å². The number of amides is 2. The molecule has 1 aliphatic carbocycles. The smallest absolute Gasteiger partial charge is 0.269 e. The van der Waals surface area contributed by atoms with Crippen molar-refractivity contribution in [1.82, 2.24) is 5.32 Å². The van der Waals surface area contributed by atoms with Crippen LogP contribution in [0.2, 0.25) is 0 Å². The van der Waals surface area contributed by atoms with Gasteiger partial charge >= 0.3 is 0 Å². The Kier molecular flexibility index (Phi) is 6.99. The van der Waals surface area contributed by atoms with E-state index < -0.39 is 17.8 Å². The molecule has 1 atom stereocenters. The highest BCUT2D eigenvalue weighted by Gasteiger charge is 2.37. The Labute approximate surface area is 207 Å². The largest absolute Gasteiger partial charge is 0.486 e. The van der Waals surface area contributed by atoms with Crippen molar-refractivity contribution in [3.63, 3.8) is 0 Å². The van der Waals surface area contributed by atoms with Crippen molar-refractivity contribution in [2.24, 2.45) is 0 Å². The van der Waals surface area contributed by atoms with Crippen LogP contribution >= 0.6 is 11.3 Å². The third kappa shape index (κ3) is 5.03. The molecule has 1 saturated carbocycles. The summed E-state index contributed by atoms with van der Waals surface area (Å²) in [4.78, 5) is 29.5. The van der Waals surface area contributed by atoms with Gasteiger partial charge in [-0.15, -0.1) is 11.3 Å². The summed E-state index contributed by atoms with van der Waals surface area (Å²) in [5.74, 6) is -0.279. The minimum absolute atomic E-state index is 0.00415. The number of hydrogen-bond donors (Lipinski definition) is 1. The summed E-state index contributed by atoms with van der Waals surface area (Å²) in [6.07, 6.45) is 4.96. The first-order chi connectivity index (χ1) is 17.1. The second-order valence-electron chi connectivity index (χ2n) is 8.75. The van der Waals surface area contributed by atoms with E-state index in [1.54, 1.807) is 53.9 Å². The summed E-state index contributed by atoms with van der Waals surface area (Å²) < 4.78 is 26.6. The zero-order valence-electron chi connectivity index (χ0n) is 19.2. The van der Waals surface area contributed by atoms with Gasteiger partial charge in [0.2, 0.25) is 5.91 Å². The Balaban J connectivity index is 1.61. The Morgan fingerprint density at radius 3 is 2.49 bits per heavy atom. The second-order valence-corrected chi connectivity index (χ2v) is 9.70. The number of hydrogen-bond acceptors (Lipinski definition) is 5. The standard InChI is InChI=1S/C27H27FN2O4S/c28-21-10-5-4-9-20(21)25(26(31)29-18-7-2-1-3-8-18)30(27(32)24-11-6-16-35-24)19-12-13-22-23(17-19)34-15-14-33-22/h4-6,9-13,16-18,25H,1-3,7-8,14-15H2,(H,29,31)/t25-/m0/s1. The predicted octanol–water partition coefficient (Wildman–Crippen LogP) is 5.50. The van der Waals surface area contributed by atoms with Gasteiger partial charge in [-0.25, -0.2) is 4.39 Å². The van der Waals surface area contributed by atoms with Gasteiger partial charge in [0, 0.05) is 23.4 Å². The van der Waals surface area contributed by atoms with Crippen molar-refractivity contribution in [2.75, 3.05) is 18.1 Å². The highest BCUT2D eigenvalue weighted by molar-refractivity contribution is 7.12. The lowest BCUT2D eigenvalue weighted by molar-refractivity contribution is -0.123. The monoisotopic (exact) mass is 494 g/mol. The molecular formula is C27H27FN2O4S. The number of fused-ring (bicyclic) bond motifs is 1. The molecule has 0 unspecified atom stereocenters. The van der Waals surface area contributed by atoms with E-state index in [9.17, 15) is 9.59 Å². The molecular weight excluding hydrogens is 467 g/mol. The van der Waals surface area contributed by atoms with Crippen LogP contribution in [0.4, 0.5) is 10.1 Å². The second kappa shape index (κ2) is 10.5. The van der Waals surface area contributed by atoms with Crippen LogP contribution < -0.4 is 19.7 Å². The number of carbonyl (C=O) groups excluding carboxylic acids is 2. The molecule has 0 bridgehead atoms. The van der Waals surface area contributed by atoms with Crippen LogP contribution in [0.3, 0.4) is 0 Å². The lowest BCUT2D eigenvalue weighted by Crippen LogP contribution is -2.47. The summed E-state index contributed by atoms with van der Waals surface area (Å²) in [5.41, 5.74) is 0.570. The minimum atomic E-state index is -1.20. The van der Waals surface area contributed by atoms with Crippen molar-refractivity contribution in [3.8, 4) is 11.5 Å². The minimum Gasteiger partial charge on any atom is -0.486 e. The molecule has 1 fully saturated rings. The predicted molar refractivity (Wildman–Crippen MR) is 133 cm³/mol. The normalized spacial score (nSPS) is 16.4. The lowest BCUT2D eigenvalue weighted by Gasteiger charge is -2.34. The molecule has 0 saturated heterocycles. The van der Waals surface area contributed by atoms with E-state index in [4.69, 9.17) is 9.47 Å². The molecule has 1 aromatic heterocycles. The molecule has 1 aliphatic heterocycles. The molecule has 2 heterocycles. The number of thiophene rings is 1. The van der Waals surface area contributed by atoms with E-state index in [-0.39, 0.29) is 17.5 Å². The average molecular weight is 495 g/mol. The number of halogens is 1. The first kappa shape index (κ1) is 23.4. The molecule has 5 rings (SSSR count). The molecule has 0 spiro atoms. The number of anilines is 1. The van der Waals surface area contributed by atoms with Gasteiger partial charge in [0.25, 0.3) is 5.91 Å². The van der Waals surface area contributed by atoms with E-state index in [0.29, 0.717) is 35.3 Å². The summed E-state index contributed by atoms with van der Waals surface area (Å²) in [6, 6.07) is 13.5. The lowest BCUT2D eigenvalue weighted by atomic mass is 9.94. The molecule has 8 heteroatoms. The third-order valence-electron chi connectivity index (χ3n) is 6.41. The van der Waals surface area contributed by atoms with Crippen molar-refractivity contribution in [2.45, 2.75) is 44.2 Å². The number of benzene rings is 2. The first-order valence-electron chi connectivity index (χ1n) is 11.9. The van der Waals surface area contributed by atoms with E-state index in [2.05, 4.69) is 5.32 Å². The molecule has 0 radical (unpaired) electrons. The summed E-state index contributed by atoms with van der Waals surface area (Å²) in [5, 5.41) is 4.91. The number of rotatable bonds is 6. The molecule has 2 amide bonds. The van der Waals surface area contributed by atoms with Crippen LogP contribution in [0, 0.1) is 5.82 Å². The number of carbonyl (C=O) groups is 2. The van der Waals surface area contributed by atoms with Crippen LogP contribution in [0.25, 0.3) is 0 Å². The van der Waals surface area contributed by atoms with Crippen LogP contribution in [0.15, 0.2) is 60.0 Å². The fourth-order valence-corrected chi connectivity index (χ4v) is 5.37. The van der Waals surface area contributed by atoms with Gasteiger partial charge in [-0.1, -0.05) is 43.5 Å². The molecule has 3 aromatic rings. The molecule has 2 aromatic carbocycles. The maximum absolute atomic E-state index is 15.2. The Morgan fingerprint density at radius 2 is 1.74 bits per heavy atom. The quantitative estimate of drug-likeness (QED) is 0.492. The van der Waals surface area contributed by atoms with Crippen LogP contribution in [-0.4, -0.2) is 31.1 Å². The van der Waals surface area contributed by atoms with E-state index >= 15 is 4.39 Å². The molecule has 6 nitrogen and oxygen atoms in total. The van der Waals surface area contributed by atoms with Gasteiger partial charge in [-0.3, -0.25) is 14.5 Å². The van der Waals surface area contributed by atoms with Crippen molar-refractivity contribution < 1.29 is 23.5 Å². The van der Waals surface area contributed by atoms with E-state index in [0.717, 1.165) is 32.1 Å². The highest BCUT2D eigenvalue weighted by atomic mass is 32.1. The van der Waals surface area contributed by atoms with E-state index in [1.807, 2.05) is 0 Å². The van der Waals surface area contributed by atoms with Gasteiger partial charge in [0.05, 0.1) is 4.88 Å². The fraction of sp³-hybridized carbons (Fsp3) is 0.333. The SMILES string of the molecule is O=C(NC1CCCCC1)[C@H](c1ccccc1F)N(C(=O)c1cccs1)c1ccc2c(c1)OCCO2. The van der Waals surface area contributed by atoms with E-state index in [1.165, 1.54) is 22.3 Å². The van der Waals surface area contributed by atoms with Gasteiger partial charge in [-0.2, -0.15) is 0 Å². The molecule has 182 valence electrons. The maximum Gasteiger partial charge on any atom is 0.269 e. The van der Waals surface area contributed by atoms with Gasteiger partial charge < -0.3 is 14.8 Å². The van der Waals surface area contributed by atoms with Gasteiger partial charge in [0.15, 0.2) is 11.5 Å². The van der Waals surface area contributed by atoms with Crippen LogP contribution in [0.1, 0.15) is 53.4 Å². The zero-order chi connectivity index (χ0) is 24.2. The van der Waals surface area contributed by atoms with Crippen LogP contribution in [0.5, 0.6) is 11.5 Å². The topological polar surface area (TPSA) is 67.9 Å². The molecule has 35 heavy (non-hydrogen) atoms. The number of nitrogens with one attached hydrogen (secondary N) is 1. The molecule has 2 aliphatic rings.